The van der Waals surface area contributed by atoms with Gasteiger partial charge in [-0.05, 0) is 32.3 Å². The Kier molecular flexibility index (Phi) is 2.86. The van der Waals surface area contributed by atoms with Gasteiger partial charge in [0.25, 0.3) is 0 Å². The van der Waals surface area contributed by atoms with Gasteiger partial charge in [0.05, 0.1) is 19.8 Å². The Morgan fingerprint density at radius 3 is 2.44 bits per heavy atom. The van der Waals surface area contributed by atoms with Gasteiger partial charge in [-0.25, -0.2) is 0 Å². The lowest BCUT2D eigenvalue weighted by atomic mass is 10.0. The molecule has 0 bridgehead atoms. The Bertz CT molecular complexity index is 435. The van der Waals surface area contributed by atoms with Crippen LogP contribution >= 0.6 is 0 Å². The minimum Gasteiger partial charge on any atom is -0.496 e. The molecular formula is C13H16O3. The van der Waals surface area contributed by atoms with E-state index in [9.17, 15) is 4.79 Å². The molecule has 0 heterocycles. The van der Waals surface area contributed by atoms with Crippen LogP contribution in [0.4, 0.5) is 0 Å². The van der Waals surface area contributed by atoms with Crippen LogP contribution in [0, 0.1) is 0 Å². The van der Waals surface area contributed by atoms with Gasteiger partial charge in [0.1, 0.15) is 11.5 Å². The number of methoxy groups -OCH3 is 2. The summed E-state index contributed by atoms with van der Waals surface area (Å²) in [5, 5.41) is 0. The summed E-state index contributed by atoms with van der Waals surface area (Å²) in [6.07, 6.45) is 3.08. The Labute approximate surface area is 95.4 Å². The maximum Gasteiger partial charge on any atom is 0.163 e. The zero-order valence-electron chi connectivity index (χ0n) is 9.92. The maximum absolute atomic E-state index is 11.6. The second kappa shape index (κ2) is 4.16. The van der Waals surface area contributed by atoms with Gasteiger partial charge < -0.3 is 9.47 Å². The third-order valence-corrected chi connectivity index (χ3v) is 3.11. The number of carbonyl (C=O) groups excluding carboxylic acids is 1. The lowest BCUT2D eigenvalue weighted by Gasteiger charge is -2.14. The third-order valence-electron chi connectivity index (χ3n) is 3.11. The van der Waals surface area contributed by atoms with Gasteiger partial charge in [-0.3, -0.25) is 4.79 Å². The summed E-state index contributed by atoms with van der Waals surface area (Å²) in [7, 11) is 3.26. The first-order chi connectivity index (χ1) is 7.69. The van der Waals surface area contributed by atoms with Crippen molar-refractivity contribution in [1.82, 2.24) is 0 Å². The summed E-state index contributed by atoms with van der Waals surface area (Å²) in [6, 6.07) is 1.80. The topological polar surface area (TPSA) is 35.5 Å². The second-order valence-corrected chi connectivity index (χ2v) is 4.03. The number of hydrogen-bond donors (Lipinski definition) is 0. The highest BCUT2D eigenvalue weighted by Gasteiger charge is 2.24. The van der Waals surface area contributed by atoms with Gasteiger partial charge in [0.15, 0.2) is 5.78 Å². The van der Waals surface area contributed by atoms with Gasteiger partial charge in [0.2, 0.25) is 0 Å². The number of carbonyl (C=O) groups is 1. The maximum atomic E-state index is 11.6. The standard InChI is InChI=1S/C13H16O3/c1-8(14)11-7-12(15-2)9-5-4-6-10(9)13(11)16-3/h7H,4-6H2,1-3H3. The van der Waals surface area contributed by atoms with Crippen LogP contribution in [0.2, 0.25) is 0 Å². The van der Waals surface area contributed by atoms with E-state index in [1.807, 2.05) is 0 Å². The summed E-state index contributed by atoms with van der Waals surface area (Å²) < 4.78 is 10.7. The average Bonchev–Trinajstić information content (AvgIpc) is 2.75. The van der Waals surface area contributed by atoms with Crippen molar-refractivity contribution in [3.8, 4) is 11.5 Å². The molecule has 0 unspecified atom stereocenters. The Morgan fingerprint density at radius 2 is 1.88 bits per heavy atom. The van der Waals surface area contributed by atoms with Crippen molar-refractivity contribution in [3.05, 3.63) is 22.8 Å². The predicted molar refractivity (Wildman–Crippen MR) is 61.6 cm³/mol. The minimum atomic E-state index is 0.0184. The number of rotatable bonds is 3. The zero-order valence-corrected chi connectivity index (χ0v) is 9.92. The van der Waals surface area contributed by atoms with Crippen LogP contribution in [0.15, 0.2) is 6.07 Å². The molecule has 86 valence electrons. The highest BCUT2D eigenvalue weighted by Crippen LogP contribution is 2.39. The predicted octanol–water partition coefficient (Wildman–Crippen LogP) is 2.40. The summed E-state index contributed by atoms with van der Waals surface area (Å²) in [6.45, 7) is 1.55. The number of Topliss-reactive ketones (excluding diaryl/α,β-unsaturated/α-hetero) is 1. The number of ketones is 1. The largest absolute Gasteiger partial charge is 0.496 e. The van der Waals surface area contributed by atoms with Crippen LogP contribution in [-0.2, 0) is 12.8 Å². The van der Waals surface area contributed by atoms with Crippen LogP contribution in [0.1, 0.15) is 34.8 Å². The van der Waals surface area contributed by atoms with E-state index in [2.05, 4.69) is 0 Å². The molecule has 0 N–H and O–H groups in total. The highest BCUT2D eigenvalue weighted by atomic mass is 16.5. The minimum absolute atomic E-state index is 0.0184. The van der Waals surface area contributed by atoms with Crippen molar-refractivity contribution in [1.29, 1.82) is 0 Å². The van der Waals surface area contributed by atoms with Gasteiger partial charge in [-0.1, -0.05) is 0 Å². The molecule has 1 aromatic rings. The fourth-order valence-corrected chi connectivity index (χ4v) is 2.39. The van der Waals surface area contributed by atoms with Crippen LogP contribution in [0.5, 0.6) is 11.5 Å². The van der Waals surface area contributed by atoms with E-state index in [1.165, 1.54) is 5.56 Å². The van der Waals surface area contributed by atoms with E-state index < -0.39 is 0 Å². The van der Waals surface area contributed by atoms with Crippen molar-refractivity contribution in [2.24, 2.45) is 0 Å². The molecule has 0 aliphatic heterocycles. The van der Waals surface area contributed by atoms with Crippen molar-refractivity contribution >= 4 is 5.78 Å². The van der Waals surface area contributed by atoms with Gasteiger partial charge in [-0.15, -0.1) is 0 Å². The molecule has 1 aromatic carbocycles. The molecule has 0 saturated carbocycles. The lowest BCUT2D eigenvalue weighted by molar-refractivity contribution is 0.101. The first-order valence-corrected chi connectivity index (χ1v) is 5.46. The summed E-state index contributed by atoms with van der Waals surface area (Å²) in [5.74, 6) is 1.57. The zero-order chi connectivity index (χ0) is 11.7. The van der Waals surface area contributed by atoms with Crippen molar-refractivity contribution in [2.75, 3.05) is 14.2 Å². The van der Waals surface area contributed by atoms with Crippen molar-refractivity contribution < 1.29 is 14.3 Å². The summed E-state index contributed by atoms with van der Waals surface area (Å²) in [4.78, 5) is 11.6. The highest BCUT2D eigenvalue weighted by molar-refractivity contribution is 5.98. The fourth-order valence-electron chi connectivity index (χ4n) is 2.39. The van der Waals surface area contributed by atoms with Crippen molar-refractivity contribution in [2.45, 2.75) is 26.2 Å². The van der Waals surface area contributed by atoms with E-state index in [0.29, 0.717) is 5.56 Å². The van der Waals surface area contributed by atoms with E-state index in [4.69, 9.17) is 9.47 Å². The van der Waals surface area contributed by atoms with Crippen LogP contribution in [-0.4, -0.2) is 20.0 Å². The Balaban J connectivity index is 2.68. The number of benzene rings is 1. The smallest absolute Gasteiger partial charge is 0.163 e. The Hall–Kier alpha value is -1.51. The monoisotopic (exact) mass is 220 g/mol. The first-order valence-electron chi connectivity index (χ1n) is 5.46. The molecule has 0 spiro atoms. The van der Waals surface area contributed by atoms with E-state index >= 15 is 0 Å². The SMILES string of the molecule is COc1cc(C(C)=O)c(OC)c2c1CCC2. The van der Waals surface area contributed by atoms with E-state index in [-0.39, 0.29) is 5.78 Å². The lowest BCUT2D eigenvalue weighted by Crippen LogP contribution is -2.03. The fraction of sp³-hybridized carbons (Fsp3) is 0.462. The molecule has 0 saturated heterocycles. The number of fused-ring (bicyclic) bond motifs is 1. The van der Waals surface area contributed by atoms with Crippen LogP contribution in [0.25, 0.3) is 0 Å². The van der Waals surface area contributed by atoms with E-state index in [1.54, 1.807) is 27.2 Å². The molecule has 0 radical (unpaired) electrons. The van der Waals surface area contributed by atoms with Gasteiger partial charge >= 0.3 is 0 Å². The third kappa shape index (κ3) is 1.56. The molecule has 0 amide bonds. The molecule has 0 fully saturated rings. The first kappa shape index (κ1) is 11.0. The van der Waals surface area contributed by atoms with Crippen LogP contribution in [0.3, 0.4) is 0 Å². The molecular weight excluding hydrogens is 204 g/mol. The van der Waals surface area contributed by atoms with Crippen molar-refractivity contribution in [3.63, 3.8) is 0 Å². The molecule has 0 aromatic heterocycles. The number of ether oxygens (including phenoxy) is 2. The molecule has 2 rings (SSSR count). The summed E-state index contributed by atoms with van der Waals surface area (Å²) >= 11 is 0. The van der Waals surface area contributed by atoms with Crippen LogP contribution < -0.4 is 9.47 Å². The molecule has 1 aliphatic rings. The average molecular weight is 220 g/mol. The van der Waals surface area contributed by atoms with Gasteiger partial charge in [-0.2, -0.15) is 0 Å². The van der Waals surface area contributed by atoms with E-state index in [0.717, 1.165) is 36.3 Å². The molecule has 3 nitrogen and oxygen atoms in total. The quantitative estimate of drug-likeness (QED) is 0.734. The molecule has 0 atom stereocenters. The Morgan fingerprint density at radius 1 is 1.19 bits per heavy atom. The molecule has 1 aliphatic carbocycles. The molecule has 3 heteroatoms. The normalized spacial score (nSPS) is 13.4. The van der Waals surface area contributed by atoms with Gasteiger partial charge in [0, 0.05) is 11.1 Å². The molecule has 16 heavy (non-hydrogen) atoms. The summed E-state index contributed by atoms with van der Waals surface area (Å²) in [5.41, 5.74) is 2.97. The second-order valence-electron chi connectivity index (χ2n) is 4.03. The number of hydrogen-bond acceptors (Lipinski definition) is 3.